The summed E-state index contributed by atoms with van der Waals surface area (Å²) in [6, 6.07) is 23.8. The monoisotopic (exact) mass is 478 g/mol. The van der Waals surface area contributed by atoms with Crippen LogP contribution in [0, 0.1) is 0 Å². The number of methoxy groups -OCH3 is 1. The van der Waals surface area contributed by atoms with E-state index < -0.39 is 0 Å². The molecule has 0 aliphatic heterocycles. The van der Waals surface area contributed by atoms with E-state index in [4.69, 9.17) is 14.5 Å². The molecular weight excluding hydrogens is 452 g/mol. The number of rotatable bonds is 10. The predicted molar refractivity (Wildman–Crippen MR) is 137 cm³/mol. The number of fused-ring (bicyclic) bond motifs is 1. The molecule has 0 fully saturated rings. The lowest BCUT2D eigenvalue weighted by Crippen LogP contribution is -2.30. The molecule has 1 aromatic heterocycles. The summed E-state index contributed by atoms with van der Waals surface area (Å²) in [7, 11) is 1.65. The fourth-order valence-electron chi connectivity index (χ4n) is 3.36. The van der Waals surface area contributed by atoms with Crippen molar-refractivity contribution < 1.29 is 14.3 Å². The molecule has 0 unspecified atom stereocenters. The summed E-state index contributed by atoms with van der Waals surface area (Å²) in [5, 5.41) is 0.710. The second-order valence-electron chi connectivity index (χ2n) is 7.30. The van der Waals surface area contributed by atoms with Crippen LogP contribution in [0.4, 0.5) is 5.13 Å². The maximum Gasteiger partial charge on any atom is 0.229 e. The molecule has 33 heavy (non-hydrogen) atoms. The lowest BCUT2D eigenvalue weighted by molar-refractivity contribution is -0.118. The minimum absolute atomic E-state index is 0.0592. The molecule has 3 aromatic carbocycles. The maximum atomic E-state index is 13.3. The normalized spacial score (nSPS) is 10.8. The minimum Gasteiger partial charge on any atom is -0.497 e. The number of anilines is 1. The van der Waals surface area contributed by atoms with Gasteiger partial charge in [-0.1, -0.05) is 41.7 Å². The van der Waals surface area contributed by atoms with E-state index in [2.05, 4.69) is 0 Å². The van der Waals surface area contributed by atoms with E-state index in [-0.39, 0.29) is 5.91 Å². The van der Waals surface area contributed by atoms with E-state index in [0.29, 0.717) is 30.5 Å². The number of aromatic nitrogens is 1. The van der Waals surface area contributed by atoms with Crippen molar-refractivity contribution in [3.8, 4) is 11.5 Å². The van der Waals surface area contributed by atoms with Crippen molar-refractivity contribution in [2.75, 3.05) is 24.4 Å². The first-order chi connectivity index (χ1) is 16.2. The number of thiazole rings is 1. The molecule has 0 saturated heterocycles. The van der Waals surface area contributed by atoms with Crippen molar-refractivity contribution in [1.29, 1.82) is 0 Å². The van der Waals surface area contributed by atoms with Gasteiger partial charge >= 0.3 is 0 Å². The zero-order valence-electron chi connectivity index (χ0n) is 18.7. The zero-order chi connectivity index (χ0) is 23.0. The van der Waals surface area contributed by atoms with Gasteiger partial charge in [0.1, 0.15) is 11.5 Å². The molecule has 0 saturated carbocycles. The highest BCUT2D eigenvalue weighted by Crippen LogP contribution is 2.33. The van der Waals surface area contributed by atoms with Crippen LogP contribution in [-0.2, 0) is 11.3 Å². The minimum atomic E-state index is 0.0592. The number of benzene rings is 3. The van der Waals surface area contributed by atoms with Gasteiger partial charge in [0.25, 0.3) is 0 Å². The molecular formula is C26H26N2O3S2. The summed E-state index contributed by atoms with van der Waals surface area (Å²) >= 11 is 3.18. The van der Waals surface area contributed by atoms with E-state index in [1.807, 2.05) is 79.7 Å². The summed E-state index contributed by atoms with van der Waals surface area (Å²) in [6.07, 6.45) is 0.420. The predicted octanol–water partition coefficient (Wildman–Crippen LogP) is 6.42. The third-order valence-electron chi connectivity index (χ3n) is 5.02. The summed E-state index contributed by atoms with van der Waals surface area (Å²) in [5.74, 6) is 2.39. The van der Waals surface area contributed by atoms with E-state index >= 15 is 0 Å². The molecule has 1 amide bonds. The average molecular weight is 479 g/mol. The smallest absolute Gasteiger partial charge is 0.229 e. The fourth-order valence-corrected chi connectivity index (χ4v) is 5.21. The van der Waals surface area contributed by atoms with Gasteiger partial charge in [0.2, 0.25) is 5.91 Å². The quantitative estimate of drug-likeness (QED) is 0.246. The first-order valence-electron chi connectivity index (χ1n) is 10.8. The van der Waals surface area contributed by atoms with Gasteiger partial charge in [-0.15, -0.1) is 11.8 Å². The fraction of sp³-hybridized carbons (Fsp3) is 0.231. The molecule has 0 atom stereocenters. The molecule has 0 spiro atoms. The number of ether oxygens (including phenoxy) is 2. The molecule has 0 N–H and O–H groups in total. The second kappa shape index (κ2) is 11.2. The number of carbonyl (C=O) groups excluding carboxylic acids is 1. The molecule has 0 radical (unpaired) electrons. The molecule has 170 valence electrons. The van der Waals surface area contributed by atoms with E-state index in [9.17, 15) is 4.79 Å². The number of nitrogens with zero attached hydrogens (tertiary/aromatic N) is 2. The Hall–Kier alpha value is -3.03. The van der Waals surface area contributed by atoms with Crippen molar-refractivity contribution in [2.45, 2.75) is 24.8 Å². The van der Waals surface area contributed by atoms with E-state index in [1.165, 1.54) is 11.3 Å². The van der Waals surface area contributed by atoms with Gasteiger partial charge < -0.3 is 9.47 Å². The Kier molecular flexibility index (Phi) is 7.86. The van der Waals surface area contributed by atoms with Gasteiger partial charge in [0.05, 0.1) is 30.5 Å². The lowest BCUT2D eigenvalue weighted by atomic mass is 10.2. The molecule has 0 aliphatic rings. The molecule has 5 nitrogen and oxygen atoms in total. The molecule has 0 aliphatic carbocycles. The zero-order valence-corrected chi connectivity index (χ0v) is 20.3. The topological polar surface area (TPSA) is 51.7 Å². The maximum absolute atomic E-state index is 13.3. The first kappa shape index (κ1) is 23.1. The van der Waals surface area contributed by atoms with Crippen LogP contribution in [0.2, 0.25) is 0 Å². The highest BCUT2D eigenvalue weighted by molar-refractivity contribution is 7.99. The Morgan fingerprint density at radius 2 is 1.79 bits per heavy atom. The van der Waals surface area contributed by atoms with Crippen LogP contribution < -0.4 is 14.4 Å². The van der Waals surface area contributed by atoms with Crippen LogP contribution in [0.1, 0.15) is 18.9 Å². The van der Waals surface area contributed by atoms with Crippen LogP contribution in [0.25, 0.3) is 10.2 Å². The third kappa shape index (κ3) is 6.06. The van der Waals surface area contributed by atoms with E-state index in [0.717, 1.165) is 32.2 Å². The van der Waals surface area contributed by atoms with Crippen molar-refractivity contribution >= 4 is 44.4 Å². The average Bonchev–Trinajstić information content (AvgIpc) is 3.27. The van der Waals surface area contributed by atoms with Crippen molar-refractivity contribution in [1.82, 2.24) is 4.98 Å². The van der Waals surface area contributed by atoms with Gasteiger partial charge in [-0.05, 0) is 55.0 Å². The van der Waals surface area contributed by atoms with Crippen molar-refractivity contribution in [3.05, 3.63) is 78.4 Å². The van der Waals surface area contributed by atoms with Gasteiger partial charge in [-0.2, -0.15) is 0 Å². The van der Waals surface area contributed by atoms with E-state index in [1.54, 1.807) is 23.8 Å². The van der Waals surface area contributed by atoms with Crippen LogP contribution in [0.5, 0.6) is 11.5 Å². The first-order valence-corrected chi connectivity index (χ1v) is 12.6. The van der Waals surface area contributed by atoms with Gasteiger partial charge in [-0.3, -0.25) is 9.69 Å². The Bertz CT molecular complexity index is 1190. The Labute approximate surface area is 202 Å². The van der Waals surface area contributed by atoms with Gasteiger partial charge in [0.15, 0.2) is 5.13 Å². The Balaban J connectivity index is 1.51. The third-order valence-corrected chi connectivity index (χ3v) is 7.07. The van der Waals surface area contributed by atoms with Crippen molar-refractivity contribution in [2.24, 2.45) is 0 Å². The second-order valence-corrected chi connectivity index (χ2v) is 9.48. The SMILES string of the molecule is CCOc1ccc2nc(N(Cc3ccccc3)C(=O)CCSc3ccc(OC)cc3)sc2c1. The highest BCUT2D eigenvalue weighted by Gasteiger charge is 2.20. The van der Waals surface area contributed by atoms with Crippen LogP contribution in [0.3, 0.4) is 0 Å². The highest BCUT2D eigenvalue weighted by atomic mass is 32.2. The Morgan fingerprint density at radius 3 is 2.52 bits per heavy atom. The van der Waals surface area contributed by atoms with Gasteiger partial charge in [0, 0.05) is 17.1 Å². The standard InChI is InChI=1S/C26H26N2O3S2/c1-3-31-21-11-14-23-24(17-21)33-26(27-23)28(18-19-7-5-4-6-8-19)25(29)15-16-32-22-12-9-20(30-2)10-13-22/h4-14,17H,3,15-16,18H2,1-2H3. The largest absolute Gasteiger partial charge is 0.497 e. The molecule has 0 bridgehead atoms. The number of carbonyl (C=O) groups is 1. The number of hydrogen-bond acceptors (Lipinski definition) is 6. The molecule has 4 rings (SSSR count). The molecule has 4 aromatic rings. The summed E-state index contributed by atoms with van der Waals surface area (Å²) in [5.41, 5.74) is 1.94. The summed E-state index contributed by atoms with van der Waals surface area (Å²) < 4.78 is 11.8. The molecule has 1 heterocycles. The van der Waals surface area contributed by atoms with Crippen LogP contribution in [0.15, 0.2) is 77.7 Å². The lowest BCUT2D eigenvalue weighted by Gasteiger charge is -2.20. The number of amides is 1. The van der Waals surface area contributed by atoms with Crippen LogP contribution in [-0.4, -0.2) is 30.4 Å². The van der Waals surface area contributed by atoms with Crippen molar-refractivity contribution in [3.63, 3.8) is 0 Å². The molecule has 7 heteroatoms. The summed E-state index contributed by atoms with van der Waals surface area (Å²) in [6.45, 7) is 3.07. The van der Waals surface area contributed by atoms with Crippen LogP contribution >= 0.6 is 23.1 Å². The number of thioether (sulfide) groups is 1. The Morgan fingerprint density at radius 1 is 1.03 bits per heavy atom. The van der Waals surface area contributed by atoms with Gasteiger partial charge in [-0.25, -0.2) is 4.98 Å². The number of hydrogen-bond donors (Lipinski definition) is 0. The summed E-state index contributed by atoms with van der Waals surface area (Å²) in [4.78, 5) is 21.0.